The van der Waals surface area contributed by atoms with Crippen LogP contribution in [0.15, 0.2) is 48.5 Å². The lowest BCUT2D eigenvalue weighted by molar-refractivity contribution is -0.120. The van der Waals surface area contributed by atoms with E-state index in [0.717, 1.165) is 27.7 Å². The molecule has 0 atom stereocenters. The molecule has 0 aliphatic carbocycles. The molecule has 0 radical (unpaired) electrons. The first-order valence-corrected chi connectivity index (χ1v) is 7.71. The molecule has 1 amide bonds. The lowest BCUT2D eigenvalue weighted by Crippen LogP contribution is -2.27. The van der Waals surface area contributed by atoms with Crippen LogP contribution in [0.4, 0.5) is 4.39 Å². The number of H-pyrrole nitrogens is 1. The van der Waals surface area contributed by atoms with E-state index in [1.807, 2.05) is 31.2 Å². The molecule has 0 fully saturated rings. The van der Waals surface area contributed by atoms with E-state index in [9.17, 15) is 9.18 Å². The van der Waals surface area contributed by atoms with E-state index in [0.29, 0.717) is 19.4 Å². The fraction of sp³-hybridized carbons (Fsp3) is 0.211. The number of fused-ring (bicyclic) bond motifs is 1. The second-order valence-electron chi connectivity index (χ2n) is 5.68. The van der Waals surface area contributed by atoms with Gasteiger partial charge in [0.25, 0.3) is 0 Å². The van der Waals surface area contributed by atoms with Gasteiger partial charge >= 0.3 is 0 Å². The zero-order chi connectivity index (χ0) is 16.2. The fourth-order valence-electron chi connectivity index (χ4n) is 2.78. The summed E-state index contributed by atoms with van der Waals surface area (Å²) in [5, 5.41) is 4.03. The number of amides is 1. The summed E-state index contributed by atoms with van der Waals surface area (Å²) in [7, 11) is 0. The van der Waals surface area contributed by atoms with Crippen LogP contribution in [0.5, 0.6) is 0 Å². The standard InChI is InChI=1S/C19H19FN2O/c1-13-17(16-4-2-3-5-18(16)22-13)12-19(23)21-11-10-14-6-8-15(20)9-7-14/h2-9,22H,10-12H2,1H3,(H,21,23). The Labute approximate surface area is 134 Å². The molecular formula is C19H19FN2O. The van der Waals surface area contributed by atoms with Gasteiger partial charge in [-0.25, -0.2) is 4.39 Å². The minimum absolute atomic E-state index is 0.0000326. The topological polar surface area (TPSA) is 44.9 Å². The van der Waals surface area contributed by atoms with Gasteiger partial charge in [0.2, 0.25) is 5.91 Å². The average Bonchev–Trinajstić information content (AvgIpc) is 2.85. The van der Waals surface area contributed by atoms with Gasteiger partial charge in [-0.1, -0.05) is 30.3 Å². The molecule has 2 aromatic carbocycles. The Morgan fingerprint density at radius 3 is 2.65 bits per heavy atom. The number of halogens is 1. The third kappa shape index (κ3) is 3.59. The Hall–Kier alpha value is -2.62. The van der Waals surface area contributed by atoms with Crippen molar-refractivity contribution in [2.24, 2.45) is 0 Å². The van der Waals surface area contributed by atoms with Gasteiger partial charge in [0.15, 0.2) is 0 Å². The van der Waals surface area contributed by atoms with Crippen LogP contribution in [-0.2, 0) is 17.6 Å². The number of aryl methyl sites for hydroxylation is 1. The highest BCUT2D eigenvalue weighted by molar-refractivity contribution is 5.90. The average molecular weight is 310 g/mol. The van der Waals surface area contributed by atoms with Crippen LogP contribution in [0.1, 0.15) is 16.8 Å². The first-order valence-electron chi connectivity index (χ1n) is 7.71. The first-order chi connectivity index (χ1) is 11.1. The van der Waals surface area contributed by atoms with Crippen LogP contribution in [0.3, 0.4) is 0 Å². The number of nitrogens with one attached hydrogen (secondary N) is 2. The normalized spacial score (nSPS) is 10.9. The van der Waals surface area contributed by atoms with E-state index in [1.165, 1.54) is 12.1 Å². The number of para-hydroxylation sites is 1. The Morgan fingerprint density at radius 2 is 1.87 bits per heavy atom. The van der Waals surface area contributed by atoms with Crippen LogP contribution >= 0.6 is 0 Å². The predicted octanol–water partition coefficient (Wildman–Crippen LogP) is 3.52. The lowest BCUT2D eigenvalue weighted by Gasteiger charge is -2.06. The van der Waals surface area contributed by atoms with Gasteiger partial charge in [0.05, 0.1) is 6.42 Å². The molecule has 0 saturated carbocycles. The van der Waals surface area contributed by atoms with Crippen molar-refractivity contribution >= 4 is 16.8 Å². The highest BCUT2D eigenvalue weighted by Crippen LogP contribution is 2.22. The van der Waals surface area contributed by atoms with Gasteiger partial charge in [-0.15, -0.1) is 0 Å². The Bertz CT molecular complexity index is 821. The number of hydrogen-bond donors (Lipinski definition) is 2. The molecule has 0 bridgehead atoms. The summed E-state index contributed by atoms with van der Waals surface area (Å²) < 4.78 is 12.8. The van der Waals surface area contributed by atoms with Crippen molar-refractivity contribution in [3.63, 3.8) is 0 Å². The molecule has 23 heavy (non-hydrogen) atoms. The molecule has 1 aromatic heterocycles. The van der Waals surface area contributed by atoms with Gasteiger partial charge in [0, 0.05) is 23.1 Å². The van der Waals surface area contributed by atoms with E-state index < -0.39 is 0 Å². The van der Waals surface area contributed by atoms with E-state index in [4.69, 9.17) is 0 Å². The number of benzene rings is 2. The van der Waals surface area contributed by atoms with Crippen molar-refractivity contribution in [1.29, 1.82) is 0 Å². The number of aromatic amines is 1. The Balaban J connectivity index is 1.58. The smallest absolute Gasteiger partial charge is 0.224 e. The highest BCUT2D eigenvalue weighted by Gasteiger charge is 2.11. The van der Waals surface area contributed by atoms with Gasteiger partial charge < -0.3 is 10.3 Å². The molecule has 3 rings (SSSR count). The Kier molecular flexibility index (Phi) is 4.42. The highest BCUT2D eigenvalue weighted by atomic mass is 19.1. The van der Waals surface area contributed by atoms with Gasteiger partial charge in [-0.05, 0) is 42.7 Å². The fourth-order valence-corrected chi connectivity index (χ4v) is 2.78. The summed E-state index contributed by atoms with van der Waals surface area (Å²) in [6, 6.07) is 14.4. The van der Waals surface area contributed by atoms with Gasteiger partial charge in [-0.3, -0.25) is 4.79 Å². The zero-order valence-electron chi connectivity index (χ0n) is 13.0. The summed E-state index contributed by atoms with van der Waals surface area (Å²) in [5.41, 5.74) is 4.13. The molecule has 3 nitrogen and oxygen atoms in total. The second-order valence-corrected chi connectivity index (χ2v) is 5.68. The van der Waals surface area contributed by atoms with E-state index >= 15 is 0 Å². The maximum Gasteiger partial charge on any atom is 0.224 e. The summed E-state index contributed by atoms with van der Waals surface area (Å²) >= 11 is 0. The molecule has 0 spiro atoms. The SMILES string of the molecule is Cc1[nH]c2ccccc2c1CC(=O)NCCc1ccc(F)cc1. The molecule has 2 N–H and O–H groups in total. The van der Waals surface area contributed by atoms with Crippen LogP contribution < -0.4 is 5.32 Å². The van der Waals surface area contributed by atoms with Crippen molar-refractivity contribution in [2.75, 3.05) is 6.54 Å². The van der Waals surface area contributed by atoms with Crippen LogP contribution in [0, 0.1) is 12.7 Å². The van der Waals surface area contributed by atoms with Crippen molar-refractivity contribution in [3.05, 3.63) is 71.2 Å². The quantitative estimate of drug-likeness (QED) is 0.744. The molecule has 0 unspecified atom stereocenters. The van der Waals surface area contributed by atoms with Crippen molar-refractivity contribution in [1.82, 2.24) is 10.3 Å². The molecule has 118 valence electrons. The minimum Gasteiger partial charge on any atom is -0.358 e. The molecule has 0 aliphatic rings. The number of carbonyl (C=O) groups is 1. The monoisotopic (exact) mass is 310 g/mol. The summed E-state index contributed by atoms with van der Waals surface area (Å²) in [6.45, 7) is 2.53. The lowest BCUT2D eigenvalue weighted by atomic mass is 10.1. The van der Waals surface area contributed by atoms with Gasteiger partial charge in [-0.2, -0.15) is 0 Å². The third-order valence-corrected chi connectivity index (χ3v) is 4.01. The zero-order valence-corrected chi connectivity index (χ0v) is 13.0. The summed E-state index contributed by atoms with van der Waals surface area (Å²) in [6.07, 6.45) is 1.05. The number of hydrogen-bond acceptors (Lipinski definition) is 1. The van der Waals surface area contributed by atoms with Gasteiger partial charge in [0.1, 0.15) is 5.82 Å². The second kappa shape index (κ2) is 6.65. The molecular weight excluding hydrogens is 291 g/mol. The molecule has 4 heteroatoms. The summed E-state index contributed by atoms with van der Waals surface area (Å²) in [5.74, 6) is -0.243. The van der Waals surface area contributed by atoms with E-state index in [1.54, 1.807) is 12.1 Å². The molecule has 0 saturated heterocycles. The van der Waals surface area contributed by atoms with E-state index in [-0.39, 0.29) is 11.7 Å². The van der Waals surface area contributed by atoms with Crippen molar-refractivity contribution < 1.29 is 9.18 Å². The van der Waals surface area contributed by atoms with Crippen LogP contribution in [-0.4, -0.2) is 17.4 Å². The first kappa shape index (κ1) is 15.3. The van der Waals surface area contributed by atoms with Crippen molar-refractivity contribution in [3.8, 4) is 0 Å². The maximum absolute atomic E-state index is 12.8. The number of rotatable bonds is 5. The van der Waals surface area contributed by atoms with Crippen LogP contribution in [0.2, 0.25) is 0 Å². The van der Waals surface area contributed by atoms with Crippen molar-refractivity contribution in [2.45, 2.75) is 19.8 Å². The predicted molar refractivity (Wildman–Crippen MR) is 89.9 cm³/mol. The third-order valence-electron chi connectivity index (χ3n) is 4.01. The summed E-state index contributed by atoms with van der Waals surface area (Å²) in [4.78, 5) is 15.5. The molecule has 1 heterocycles. The number of carbonyl (C=O) groups excluding carboxylic acids is 1. The molecule has 0 aliphatic heterocycles. The largest absolute Gasteiger partial charge is 0.358 e. The minimum atomic E-state index is -0.243. The number of aromatic nitrogens is 1. The van der Waals surface area contributed by atoms with E-state index in [2.05, 4.69) is 10.3 Å². The molecule has 3 aromatic rings. The van der Waals surface area contributed by atoms with Crippen LogP contribution in [0.25, 0.3) is 10.9 Å². The Morgan fingerprint density at radius 1 is 1.13 bits per heavy atom. The maximum atomic E-state index is 12.8.